The normalized spacial score (nSPS) is 24.6. The summed E-state index contributed by atoms with van der Waals surface area (Å²) < 4.78 is 1.52. The second-order valence-electron chi connectivity index (χ2n) is 4.59. The first kappa shape index (κ1) is 11.9. The third-order valence-corrected chi connectivity index (χ3v) is 3.10. The summed E-state index contributed by atoms with van der Waals surface area (Å²) in [6, 6.07) is 0.118. The Morgan fingerprint density at radius 3 is 2.71 bits per heavy atom. The van der Waals surface area contributed by atoms with Crippen molar-refractivity contribution in [1.82, 2.24) is 15.1 Å². The molecule has 1 amide bonds. The number of aliphatic hydroxyl groups is 1. The Bertz CT molecular complexity index is 408. The lowest BCUT2D eigenvalue weighted by Crippen LogP contribution is -2.39. The van der Waals surface area contributed by atoms with E-state index in [1.54, 1.807) is 13.2 Å². The molecule has 2 rings (SSSR count). The molecule has 4 N–H and O–H groups in total. The number of anilines is 1. The molecule has 6 heteroatoms. The Morgan fingerprint density at radius 2 is 2.18 bits per heavy atom. The molecule has 94 valence electrons. The fourth-order valence-corrected chi connectivity index (χ4v) is 2.16. The first-order valence-corrected chi connectivity index (χ1v) is 5.84. The summed E-state index contributed by atoms with van der Waals surface area (Å²) in [6.07, 6.45) is 4.48. The molecule has 1 saturated carbocycles. The molecular weight excluding hydrogens is 220 g/mol. The molecule has 0 saturated heterocycles. The second-order valence-corrected chi connectivity index (χ2v) is 4.59. The monoisotopic (exact) mass is 238 g/mol. The van der Waals surface area contributed by atoms with Gasteiger partial charge in [0.05, 0.1) is 11.8 Å². The second kappa shape index (κ2) is 4.75. The Hall–Kier alpha value is -1.56. The number of nitrogens with one attached hydrogen (secondary N) is 1. The molecule has 17 heavy (non-hydrogen) atoms. The summed E-state index contributed by atoms with van der Waals surface area (Å²) in [4.78, 5) is 11.9. The molecule has 0 aromatic carbocycles. The average Bonchev–Trinajstić information content (AvgIpc) is 2.61. The van der Waals surface area contributed by atoms with Gasteiger partial charge in [-0.15, -0.1) is 0 Å². The van der Waals surface area contributed by atoms with Crippen LogP contribution in [0, 0.1) is 0 Å². The third-order valence-electron chi connectivity index (χ3n) is 3.10. The van der Waals surface area contributed by atoms with Crippen molar-refractivity contribution in [3.63, 3.8) is 0 Å². The number of amides is 1. The van der Waals surface area contributed by atoms with E-state index in [-0.39, 0.29) is 23.7 Å². The minimum Gasteiger partial charge on any atom is -0.396 e. The number of aliphatic hydroxyl groups excluding tert-OH is 1. The summed E-state index contributed by atoms with van der Waals surface area (Å²) in [5, 5.41) is 16.3. The van der Waals surface area contributed by atoms with E-state index in [1.165, 1.54) is 4.68 Å². The standard InChI is InChI=1S/C11H18N4O2/c1-15-6-9(12)10(14-15)11(17)13-7-2-4-8(16)5-3-7/h6-8,16H,2-5,12H2,1H3,(H,13,17). The van der Waals surface area contributed by atoms with Crippen LogP contribution in [-0.2, 0) is 7.05 Å². The molecule has 0 spiro atoms. The lowest BCUT2D eigenvalue weighted by molar-refractivity contribution is 0.0863. The van der Waals surface area contributed by atoms with E-state index >= 15 is 0 Å². The lowest BCUT2D eigenvalue weighted by Gasteiger charge is -2.25. The van der Waals surface area contributed by atoms with Crippen LogP contribution in [-0.4, -0.2) is 32.9 Å². The van der Waals surface area contributed by atoms with Crippen LogP contribution in [0.1, 0.15) is 36.2 Å². The SMILES string of the molecule is Cn1cc(N)c(C(=O)NC2CCC(O)CC2)n1. The summed E-state index contributed by atoms with van der Waals surface area (Å²) in [7, 11) is 1.73. The van der Waals surface area contributed by atoms with Crippen LogP contribution in [0.25, 0.3) is 0 Å². The summed E-state index contributed by atoms with van der Waals surface area (Å²) in [5.41, 5.74) is 6.35. The smallest absolute Gasteiger partial charge is 0.274 e. The molecule has 1 fully saturated rings. The van der Waals surface area contributed by atoms with Crippen molar-refractivity contribution >= 4 is 11.6 Å². The van der Waals surface area contributed by atoms with Crippen molar-refractivity contribution in [2.45, 2.75) is 37.8 Å². The zero-order chi connectivity index (χ0) is 12.4. The van der Waals surface area contributed by atoms with Crippen molar-refractivity contribution in [3.8, 4) is 0 Å². The highest BCUT2D eigenvalue weighted by molar-refractivity contribution is 5.97. The highest BCUT2D eigenvalue weighted by atomic mass is 16.3. The minimum atomic E-state index is -0.232. The van der Waals surface area contributed by atoms with Crippen LogP contribution in [0.3, 0.4) is 0 Å². The van der Waals surface area contributed by atoms with Crippen molar-refractivity contribution in [2.24, 2.45) is 7.05 Å². The van der Waals surface area contributed by atoms with E-state index in [2.05, 4.69) is 10.4 Å². The van der Waals surface area contributed by atoms with Gasteiger partial charge in [-0.3, -0.25) is 9.48 Å². The first-order valence-electron chi connectivity index (χ1n) is 5.84. The molecule has 1 aromatic heterocycles. The third kappa shape index (κ3) is 2.76. The van der Waals surface area contributed by atoms with E-state index in [0.29, 0.717) is 5.69 Å². The van der Waals surface area contributed by atoms with Crippen LogP contribution in [0.5, 0.6) is 0 Å². The highest BCUT2D eigenvalue weighted by Crippen LogP contribution is 2.19. The number of nitrogen functional groups attached to an aromatic ring is 1. The molecule has 0 atom stereocenters. The van der Waals surface area contributed by atoms with E-state index in [4.69, 9.17) is 5.73 Å². The maximum Gasteiger partial charge on any atom is 0.274 e. The maximum atomic E-state index is 11.9. The van der Waals surface area contributed by atoms with Gasteiger partial charge in [0.1, 0.15) is 0 Å². The van der Waals surface area contributed by atoms with Gasteiger partial charge in [0.15, 0.2) is 5.69 Å². The fourth-order valence-electron chi connectivity index (χ4n) is 2.16. The largest absolute Gasteiger partial charge is 0.396 e. The fraction of sp³-hybridized carbons (Fsp3) is 0.636. The number of carbonyl (C=O) groups is 1. The predicted molar refractivity (Wildman–Crippen MR) is 63.3 cm³/mol. The number of aryl methyl sites for hydroxylation is 1. The summed E-state index contributed by atoms with van der Waals surface area (Å²) >= 11 is 0. The molecule has 1 aliphatic carbocycles. The number of hydrogen-bond acceptors (Lipinski definition) is 4. The van der Waals surface area contributed by atoms with Crippen LogP contribution < -0.4 is 11.1 Å². The molecule has 0 bridgehead atoms. The summed E-state index contributed by atoms with van der Waals surface area (Å²) in [6.45, 7) is 0. The zero-order valence-electron chi connectivity index (χ0n) is 9.89. The lowest BCUT2D eigenvalue weighted by atomic mass is 9.93. The number of aromatic nitrogens is 2. The number of hydrogen-bond donors (Lipinski definition) is 3. The quantitative estimate of drug-likeness (QED) is 0.678. The Labute approximate surface area is 99.8 Å². The molecule has 1 aliphatic rings. The Kier molecular flexibility index (Phi) is 3.33. The topological polar surface area (TPSA) is 93.2 Å². The van der Waals surface area contributed by atoms with Gasteiger partial charge in [0.25, 0.3) is 5.91 Å². The van der Waals surface area contributed by atoms with E-state index in [0.717, 1.165) is 25.7 Å². The number of nitrogens with two attached hydrogens (primary N) is 1. The van der Waals surface area contributed by atoms with Gasteiger partial charge in [-0.1, -0.05) is 0 Å². The van der Waals surface area contributed by atoms with Gasteiger partial charge in [0, 0.05) is 19.3 Å². The van der Waals surface area contributed by atoms with Gasteiger partial charge in [-0.2, -0.15) is 5.10 Å². The number of rotatable bonds is 2. The van der Waals surface area contributed by atoms with E-state index in [1.807, 2.05) is 0 Å². The zero-order valence-corrected chi connectivity index (χ0v) is 9.89. The molecule has 1 aromatic rings. The van der Waals surface area contributed by atoms with Gasteiger partial charge in [-0.25, -0.2) is 0 Å². The van der Waals surface area contributed by atoms with Crippen LogP contribution >= 0.6 is 0 Å². The minimum absolute atomic E-state index is 0.118. The van der Waals surface area contributed by atoms with E-state index < -0.39 is 0 Å². The molecule has 0 radical (unpaired) electrons. The molecule has 0 aliphatic heterocycles. The Morgan fingerprint density at radius 1 is 1.53 bits per heavy atom. The first-order chi connectivity index (χ1) is 8.06. The van der Waals surface area contributed by atoms with Crippen LogP contribution in [0.4, 0.5) is 5.69 Å². The summed E-state index contributed by atoms with van der Waals surface area (Å²) in [5.74, 6) is -0.232. The number of carbonyl (C=O) groups excluding carboxylic acids is 1. The van der Waals surface area contributed by atoms with Crippen molar-refractivity contribution in [3.05, 3.63) is 11.9 Å². The van der Waals surface area contributed by atoms with Crippen LogP contribution in [0.15, 0.2) is 6.20 Å². The van der Waals surface area contributed by atoms with Gasteiger partial charge in [0.2, 0.25) is 0 Å². The number of nitrogens with zero attached hydrogens (tertiary/aromatic N) is 2. The maximum absolute atomic E-state index is 11.9. The molecule has 1 heterocycles. The average molecular weight is 238 g/mol. The van der Waals surface area contributed by atoms with E-state index in [9.17, 15) is 9.90 Å². The van der Waals surface area contributed by atoms with Crippen molar-refractivity contribution in [2.75, 3.05) is 5.73 Å². The van der Waals surface area contributed by atoms with Crippen molar-refractivity contribution < 1.29 is 9.90 Å². The van der Waals surface area contributed by atoms with Gasteiger partial charge < -0.3 is 16.2 Å². The van der Waals surface area contributed by atoms with Crippen molar-refractivity contribution in [1.29, 1.82) is 0 Å². The highest BCUT2D eigenvalue weighted by Gasteiger charge is 2.23. The molecule has 0 unspecified atom stereocenters. The molecule has 6 nitrogen and oxygen atoms in total. The predicted octanol–water partition coefficient (Wildman–Crippen LogP) is 0.0356. The van der Waals surface area contributed by atoms with Gasteiger partial charge in [-0.05, 0) is 25.7 Å². The molecular formula is C11H18N4O2. The Balaban J connectivity index is 1.95. The van der Waals surface area contributed by atoms with Gasteiger partial charge >= 0.3 is 0 Å². The van der Waals surface area contributed by atoms with Crippen LogP contribution in [0.2, 0.25) is 0 Å².